The zero-order valence-electron chi connectivity index (χ0n) is 24.3. The summed E-state index contributed by atoms with van der Waals surface area (Å²) in [6, 6.07) is 31.5. The second kappa shape index (κ2) is 12.9. The first-order valence-corrected chi connectivity index (χ1v) is 14.8. The van der Waals surface area contributed by atoms with Gasteiger partial charge in [0.1, 0.15) is 11.4 Å². The van der Waals surface area contributed by atoms with Crippen molar-refractivity contribution in [1.82, 2.24) is 15.0 Å². The molecule has 0 atom stereocenters. The first kappa shape index (κ1) is 29.4. The molecule has 1 aliphatic rings. The highest BCUT2D eigenvalue weighted by atomic mass is 35.5. The van der Waals surface area contributed by atoms with Gasteiger partial charge in [-0.05, 0) is 41.0 Å². The Morgan fingerprint density at radius 1 is 0.909 bits per heavy atom. The van der Waals surface area contributed by atoms with Crippen LogP contribution in [0.3, 0.4) is 0 Å². The SMILES string of the molecule is COc1ccc(CC2(OC(=O)O)CCN(Cc3ccc(-c4noc(-c5ccc(-c6ccccc6)c(Cl)c5)n4)cc3)CC2)cc1. The number of nitrogens with zero attached hydrogens (tertiary/aromatic N) is 3. The fraction of sp³-hybridized carbons (Fsp3) is 0.229. The molecule has 1 fully saturated rings. The predicted molar refractivity (Wildman–Crippen MR) is 169 cm³/mol. The van der Waals surface area contributed by atoms with Gasteiger partial charge in [0.2, 0.25) is 5.82 Å². The number of carbonyl (C=O) groups is 1. The Kier molecular flexibility index (Phi) is 8.63. The molecule has 0 spiro atoms. The molecule has 0 bridgehead atoms. The van der Waals surface area contributed by atoms with Gasteiger partial charge in [-0.25, -0.2) is 4.79 Å². The second-order valence-electron chi connectivity index (χ2n) is 11.0. The van der Waals surface area contributed by atoms with E-state index in [1.165, 1.54) is 0 Å². The van der Waals surface area contributed by atoms with E-state index in [4.69, 9.17) is 25.6 Å². The third kappa shape index (κ3) is 6.77. The van der Waals surface area contributed by atoms with Crippen molar-refractivity contribution >= 4 is 17.8 Å². The lowest BCUT2D eigenvalue weighted by Gasteiger charge is -2.40. The standard InChI is InChI=1S/C35H32ClN3O5/c1-42-29-14-9-24(10-15-29)22-35(43-34(40)41)17-19-39(20-18-35)23-25-7-11-27(12-8-25)32-37-33(44-38-32)28-13-16-30(31(36)21-28)26-5-3-2-4-6-26/h2-16,21H,17-20,22-23H2,1H3,(H,40,41). The first-order valence-electron chi connectivity index (χ1n) is 14.5. The Morgan fingerprint density at radius 3 is 2.25 bits per heavy atom. The van der Waals surface area contributed by atoms with Crippen LogP contribution in [0.2, 0.25) is 5.02 Å². The van der Waals surface area contributed by atoms with Crippen LogP contribution in [0.25, 0.3) is 34.0 Å². The fourth-order valence-corrected chi connectivity index (χ4v) is 6.00. The van der Waals surface area contributed by atoms with Crippen LogP contribution < -0.4 is 4.74 Å². The minimum Gasteiger partial charge on any atom is -0.497 e. The molecule has 8 nitrogen and oxygen atoms in total. The van der Waals surface area contributed by atoms with Gasteiger partial charge in [-0.2, -0.15) is 4.98 Å². The van der Waals surface area contributed by atoms with E-state index in [0.717, 1.165) is 58.8 Å². The Bertz CT molecular complexity index is 1710. The van der Waals surface area contributed by atoms with Crippen molar-refractivity contribution in [2.24, 2.45) is 0 Å². The number of halogens is 1. The smallest absolute Gasteiger partial charge is 0.497 e. The molecule has 44 heavy (non-hydrogen) atoms. The molecule has 6 rings (SSSR count). The van der Waals surface area contributed by atoms with Gasteiger partial charge >= 0.3 is 6.16 Å². The molecule has 0 unspecified atom stereocenters. The molecule has 0 saturated carbocycles. The summed E-state index contributed by atoms with van der Waals surface area (Å²) in [4.78, 5) is 18.5. The van der Waals surface area contributed by atoms with Crippen molar-refractivity contribution in [1.29, 1.82) is 0 Å². The zero-order chi connectivity index (χ0) is 30.5. The van der Waals surface area contributed by atoms with Gasteiger partial charge in [0.05, 0.1) is 7.11 Å². The third-order valence-corrected chi connectivity index (χ3v) is 8.41. The first-order chi connectivity index (χ1) is 21.4. The van der Waals surface area contributed by atoms with Crippen LogP contribution in [0.5, 0.6) is 5.75 Å². The number of likely N-dealkylation sites (tertiary alicyclic amines) is 1. The summed E-state index contributed by atoms with van der Waals surface area (Å²) in [6.07, 6.45) is 0.526. The Morgan fingerprint density at radius 2 is 1.59 bits per heavy atom. The molecule has 0 amide bonds. The summed E-state index contributed by atoms with van der Waals surface area (Å²) >= 11 is 6.59. The van der Waals surface area contributed by atoms with Gasteiger partial charge in [0.25, 0.3) is 5.89 Å². The van der Waals surface area contributed by atoms with Gasteiger partial charge in [-0.3, -0.25) is 4.90 Å². The predicted octanol–water partition coefficient (Wildman–Crippen LogP) is 8.00. The van der Waals surface area contributed by atoms with Gasteiger partial charge in [0.15, 0.2) is 0 Å². The number of carboxylic acid groups (broad SMARTS) is 1. The van der Waals surface area contributed by atoms with Crippen molar-refractivity contribution in [3.05, 3.63) is 113 Å². The van der Waals surface area contributed by atoms with Crippen LogP contribution in [0, 0.1) is 0 Å². The van der Waals surface area contributed by atoms with E-state index in [1.807, 2.05) is 84.9 Å². The van der Waals surface area contributed by atoms with Gasteiger partial charge in [-0.15, -0.1) is 0 Å². The van der Waals surface area contributed by atoms with Crippen molar-refractivity contribution in [2.45, 2.75) is 31.4 Å². The molecule has 1 saturated heterocycles. The van der Waals surface area contributed by atoms with Crippen LogP contribution >= 0.6 is 11.6 Å². The van der Waals surface area contributed by atoms with E-state index in [2.05, 4.69) is 27.2 Å². The van der Waals surface area contributed by atoms with Crippen molar-refractivity contribution in [3.63, 3.8) is 0 Å². The van der Waals surface area contributed by atoms with E-state index in [9.17, 15) is 9.90 Å². The van der Waals surface area contributed by atoms with E-state index in [0.29, 0.717) is 36.0 Å². The fourth-order valence-electron chi connectivity index (χ4n) is 5.71. The highest BCUT2D eigenvalue weighted by Gasteiger charge is 2.38. The largest absolute Gasteiger partial charge is 0.506 e. The Labute approximate surface area is 260 Å². The molecule has 0 radical (unpaired) electrons. The molecular weight excluding hydrogens is 578 g/mol. The number of ether oxygens (including phenoxy) is 2. The number of methoxy groups -OCH3 is 1. The molecular formula is C35H32ClN3O5. The zero-order valence-corrected chi connectivity index (χ0v) is 25.0. The van der Waals surface area contributed by atoms with Crippen molar-refractivity contribution < 1.29 is 23.9 Å². The highest BCUT2D eigenvalue weighted by Crippen LogP contribution is 2.34. The van der Waals surface area contributed by atoms with Crippen LogP contribution in [0.4, 0.5) is 4.79 Å². The highest BCUT2D eigenvalue weighted by molar-refractivity contribution is 6.33. The summed E-state index contributed by atoms with van der Waals surface area (Å²) in [7, 11) is 1.62. The maximum atomic E-state index is 11.6. The van der Waals surface area contributed by atoms with Gasteiger partial charge in [-0.1, -0.05) is 89.6 Å². The molecule has 5 aromatic rings. The maximum Gasteiger partial charge on any atom is 0.506 e. The third-order valence-electron chi connectivity index (χ3n) is 8.10. The second-order valence-corrected chi connectivity index (χ2v) is 11.4. The molecule has 4 aromatic carbocycles. The topological polar surface area (TPSA) is 97.9 Å². The molecule has 9 heteroatoms. The van der Waals surface area contributed by atoms with Gasteiger partial charge in [0, 0.05) is 60.6 Å². The average Bonchev–Trinajstić information content (AvgIpc) is 3.54. The van der Waals surface area contributed by atoms with Crippen LogP contribution in [0.1, 0.15) is 24.0 Å². The number of aromatic nitrogens is 2. The summed E-state index contributed by atoms with van der Waals surface area (Å²) in [5.74, 6) is 1.67. The molecule has 1 N–H and O–H groups in total. The molecule has 1 aromatic heterocycles. The Balaban J connectivity index is 1.08. The summed E-state index contributed by atoms with van der Waals surface area (Å²) in [5, 5.41) is 14.3. The lowest BCUT2D eigenvalue weighted by atomic mass is 9.85. The number of hydrogen-bond donors (Lipinski definition) is 1. The minimum absolute atomic E-state index is 0.403. The van der Waals surface area contributed by atoms with Crippen LogP contribution in [-0.2, 0) is 17.7 Å². The molecule has 1 aliphatic heterocycles. The minimum atomic E-state index is -1.24. The number of benzene rings is 4. The maximum absolute atomic E-state index is 11.6. The molecule has 0 aliphatic carbocycles. The normalized spacial score (nSPS) is 14.7. The Hall–Kier alpha value is -4.66. The lowest BCUT2D eigenvalue weighted by molar-refractivity contribution is -0.0570. The lowest BCUT2D eigenvalue weighted by Crippen LogP contribution is -2.48. The van der Waals surface area contributed by atoms with E-state index in [-0.39, 0.29) is 0 Å². The van der Waals surface area contributed by atoms with E-state index in [1.54, 1.807) is 7.11 Å². The number of hydrogen-bond acceptors (Lipinski definition) is 7. The summed E-state index contributed by atoms with van der Waals surface area (Å²) < 4.78 is 16.3. The van der Waals surface area contributed by atoms with Crippen LogP contribution in [0.15, 0.2) is 102 Å². The number of rotatable bonds is 9. The quantitative estimate of drug-likeness (QED) is 0.168. The van der Waals surface area contributed by atoms with Gasteiger partial charge < -0.3 is 19.1 Å². The molecule has 2 heterocycles. The number of piperidine rings is 1. The average molecular weight is 610 g/mol. The van der Waals surface area contributed by atoms with Crippen molar-refractivity contribution in [3.8, 4) is 39.7 Å². The van der Waals surface area contributed by atoms with E-state index >= 15 is 0 Å². The summed E-state index contributed by atoms with van der Waals surface area (Å²) in [5.41, 5.74) is 5.01. The monoisotopic (exact) mass is 609 g/mol. The summed E-state index contributed by atoms with van der Waals surface area (Å²) in [6.45, 7) is 2.20. The molecule has 224 valence electrons. The van der Waals surface area contributed by atoms with E-state index < -0.39 is 11.8 Å². The van der Waals surface area contributed by atoms with Crippen molar-refractivity contribution in [2.75, 3.05) is 20.2 Å². The van der Waals surface area contributed by atoms with Crippen LogP contribution in [-0.4, -0.2) is 52.1 Å².